The van der Waals surface area contributed by atoms with Crippen LogP contribution in [0.15, 0.2) is 11.8 Å². The average molecular weight is 167 g/mol. The van der Waals surface area contributed by atoms with Gasteiger partial charge in [0.1, 0.15) is 12.2 Å². The molecule has 3 N–H and O–H groups in total. The van der Waals surface area contributed by atoms with Crippen LogP contribution in [0.4, 0.5) is 0 Å². The minimum Gasteiger partial charge on any atom is -0.386 e. The normalized spacial score (nSPS) is 28.4. The number of terminal acetylenes is 1. The number of rotatable bonds is 2. The monoisotopic (exact) mass is 167 g/mol. The van der Waals surface area contributed by atoms with E-state index in [1.54, 1.807) is 6.08 Å². The summed E-state index contributed by atoms with van der Waals surface area (Å²) in [6, 6.07) is 0. The summed E-state index contributed by atoms with van der Waals surface area (Å²) >= 11 is 0. The van der Waals surface area contributed by atoms with Gasteiger partial charge in [0, 0.05) is 5.70 Å². The van der Waals surface area contributed by atoms with Crippen molar-refractivity contribution in [3.63, 3.8) is 0 Å². The highest BCUT2D eigenvalue weighted by Gasteiger charge is 2.31. The summed E-state index contributed by atoms with van der Waals surface area (Å²) in [5.41, 5.74) is 0.123. The molecule has 0 saturated heterocycles. The van der Waals surface area contributed by atoms with Gasteiger partial charge in [-0.3, -0.25) is 0 Å². The minimum absolute atomic E-state index is 0.479. The van der Waals surface area contributed by atoms with Gasteiger partial charge in [0.15, 0.2) is 0 Å². The van der Waals surface area contributed by atoms with Gasteiger partial charge in [-0.25, -0.2) is 0 Å². The average Bonchev–Trinajstić information content (AvgIpc) is 2.03. The Bertz CT molecular complexity index is 250. The molecule has 0 aromatic carbocycles. The van der Waals surface area contributed by atoms with Crippen molar-refractivity contribution in [2.45, 2.75) is 31.6 Å². The van der Waals surface area contributed by atoms with E-state index in [2.05, 4.69) is 11.2 Å². The maximum Gasteiger partial charge on any atom is 0.123 e. The third-order valence-electron chi connectivity index (χ3n) is 1.81. The number of hydrogen-bond donors (Lipinski definition) is 3. The SMILES string of the molecule is C#CC(C)(C)NC1=CC(O)C1O. The van der Waals surface area contributed by atoms with E-state index in [-0.39, 0.29) is 0 Å². The molecule has 0 aromatic heterocycles. The molecule has 0 aromatic rings. The minimum atomic E-state index is -0.808. The molecule has 0 amide bonds. The van der Waals surface area contributed by atoms with Gasteiger partial charge in [0.05, 0.1) is 5.54 Å². The lowest BCUT2D eigenvalue weighted by Gasteiger charge is -2.33. The highest BCUT2D eigenvalue weighted by Crippen LogP contribution is 2.19. The molecule has 12 heavy (non-hydrogen) atoms. The summed E-state index contributed by atoms with van der Waals surface area (Å²) < 4.78 is 0. The van der Waals surface area contributed by atoms with E-state index in [0.29, 0.717) is 5.70 Å². The van der Waals surface area contributed by atoms with Gasteiger partial charge in [0.25, 0.3) is 0 Å². The molecule has 2 atom stereocenters. The summed E-state index contributed by atoms with van der Waals surface area (Å²) in [4.78, 5) is 0. The van der Waals surface area contributed by atoms with Gasteiger partial charge < -0.3 is 15.5 Å². The van der Waals surface area contributed by atoms with Crippen LogP contribution in [0, 0.1) is 12.3 Å². The summed E-state index contributed by atoms with van der Waals surface area (Å²) in [6.07, 6.45) is 5.22. The van der Waals surface area contributed by atoms with Crippen LogP contribution in [0.1, 0.15) is 13.8 Å². The topological polar surface area (TPSA) is 52.5 Å². The van der Waals surface area contributed by atoms with Gasteiger partial charge in [-0.15, -0.1) is 6.42 Å². The largest absolute Gasteiger partial charge is 0.386 e. The number of hydrogen-bond acceptors (Lipinski definition) is 3. The lowest BCUT2D eigenvalue weighted by molar-refractivity contribution is 0.0404. The van der Waals surface area contributed by atoms with Crippen molar-refractivity contribution >= 4 is 0 Å². The van der Waals surface area contributed by atoms with Crippen LogP contribution in [-0.4, -0.2) is 28.0 Å². The van der Waals surface area contributed by atoms with Gasteiger partial charge in [-0.1, -0.05) is 5.92 Å². The molecule has 0 bridgehead atoms. The fourth-order valence-electron chi connectivity index (χ4n) is 0.952. The molecule has 2 unspecified atom stereocenters. The zero-order valence-electron chi connectivity index (χ0n) is 7.20. The van der Waals surface area contributed by atoms with Crippen molar-refractivity contribution in [1.82, 2.24) is 5.32 Å². The van der Waals surface area contributed by atoms with Crippen LogP contribution >= 0.6 is 0 Å². The van der Waals surface area contributed by atoms with Crippen molar-refractivity contribution in [1.29, 1.82) is 0 Å². The summed E-state index contributed by atoms with van der Waals surface area (Å²) in [6.45, 7) is 3.65. The summed E-state index contributed by atoms with van der Waals surface area (Å²) in [7, 11) is 0. The van der Waals surface area contributed by atoms with Crippen molar-refractivity contribution in [2.24, 2.45) is 0 Å². The Balaban J connectivity index is 2.56. The molecule has 0 aliphatic heterocycles. The molecule has 3 nitrogen and oxygen atoms in total. The van der Waals surface area contributed by atoms with Gasteiger partial charge in [-0.2, -0.15) is 0 Å². The molecule has 0 radical (unpaired) electrons. The van der Waals surface area contributed by atoms with Crippen molar-refractivity contribution < 1.29 is 10.2 Å². The van der Waals surface area contributed by atoms with E-state index in [1.165, 1.54) is 0 Å². The highest BCUT2D eigenvalue weighted by molar-refractivity contribution is 5.27. The second-order valence-electron chi connectivity index (χ2n) is 3.45. The van der Waals surface area contributed by atoms with Crippen LogP contribution in [0.25, 0.3) is 0 Å². The Hall–Kier alpha value is -0.980. The molecule has 1 aliphatic rings. The van der Waals surface area contributed by atoms with Crippen LogP contribution in [0.5, 0.6) is 0 Å². The van der Waals surface area contributed by atoms with E-state index < -0.39 is 17.7 Å². The number of nitrogens with one attached hydrogen (secondary N) is 1. The van der Waals surface area contributed by atoms with Crippen molar-refractivity contribution in [3.8, 4) is 12.3 Å². The van der Waals surface area contributed by atoms with Gasteiger partial charge in [-0.05, 0) is 19.9 Å². The Kier molecular flexibility index (Phi) is 2.14. The lowest BCUT2D eigenvalue weighted by atomic mass is 9.95. The molecule has 3 heteroatoms. The maximum atomic E-state index is 9.19. The molecular weight excluding hydrogens is 154 g/mol. The van der Waals surface area contributed by atoms with Crippen LogP contribution < -0.4 is 5.32 Å². The van der Waals surface area contributed by atoms with Crippen LogP contribution in [0.3, 0.4) is 0 Å². The zero-order valence-corrected chi connectivity index (χ0v) is 7.20. The third-order valence-corrected chi connectivity index (χ3v) is 1.81. The van der Waals surface area contributed by atoms with Gasteiger partial charge in [0.2, 0.25) is 0 Å². The Morgan fingerprint density at radius 3 is 2.50 bits per heavy atom. The van der Waals surface area contributed by atoms with E-state index in [1.807, 2.05) is 13.8 Å². The van der Waals surface area contributed by atoms with Crippen molar-refractivity contribution in [3.05, 3.63) is 11.8 Å². The lowest BCUT2D eigenvalue weighted by Crippen LogP contribution is -2.48. The summed E-state index contributed by atoms with van der Waals surface area (Å²) in [5, 5.41) is 21.1. The van der Waals surface area contributed by atoms with E-state index in [0.717, 1.165) is 0 Å². The number of aliphatic hydroxyl groups excluding tert-OH is 2. The molecule has 0 heterocycles. The highest BCUT2D eigenvalue weighted by atomic mass is 16.3. The first-order chi connectivity index (χ1) is 5.46. The first kappa shape index (κ1) is 9.11. The molecule has 0 fully saturated rings. The van der Waals surface area contributed by atoms with E-state index in [9.17, 15) is 5.11 Å². The fourth-order valence-corrected chi connectivity index (χ4v) is 0.952. The first-order valence-electron chi connectivity index (χ1n) is 3.80. The fraction of sp³-hybridized carbons (Fsp3) is 0.556. The predicted molar refractivity (Wildman–Crippen MR) is 46.1 cm³/mol. The maximum absolute atomic E-state index is 9.19. The number of aliphatic hydroxyl groups is 2. The molecule has 66 valence electrons. The standard InChI is InChI=1S/C9H13NO2/c1-4-9(2,3)10-6-5-7(11)8(6)12/h1,5,7-8,10-12H,2-3H3. The second kappa shape index (κ2) is 2.81. The quantitative estimate of drug-likeness (QED) is 0.491. The van der Waals surface area contributed by atoms with Crippen LogP contribution in [0.2, 0.25) is 0 Å². The second-order valence-corrected chi connectivity index (χ2v) is 3.45. The Labute approximate surface area is 72.1 Å². The van der Waals surface area contributed by atoms with Gasteiger partial charge >= 0.3 is 0 Å². The zero-order chi connectivity index (χ0) is 9.35. The Morgan fingerprint density at radius 1 is 1.58 bits per heavy atom. The van der Waals surface area contributed by atoms with E-state index in [4.69, 9.17) is 11.5 Å². The van der Waals surface area contributed by atoms with E-state index >= 15 is 0 Å². The Morgan fingerprint density at radius 2 is 2.17 bits per heavy atom. The van der Waals surface area contributed by atoms with Crippen LogP contribution in [-0.2, 0) is 0 Å². The first-order valence-corrected chi connectivity index (χ1v) is 3.80. The molecule has 0 saturated carbocycles. The molecular formula is C9H13NO2. The summed E-state index contributed by atoms with van der Waals surface area (Å²) in [5.74, 6) is 2.53. The molecule has 1 aliphatic carbocycles. The predicted octanol–water partition coefficient (Wildman–Crippen LogP) is -0.393. The molecule has 0 spiro atoms. The molecule has 1 rings (SSSR count). The smallest absolute Gasteiger partial charge is 0.123 e. The van der Waals surface area contributed by atoms with Crippen molar-refractivity contribution in [2.75, 3.05) is 0 Å². The third kappa shape index (κ3) is 1.60.